The molecule has 1 aliphatic carbocycles. The number of thioether (sulfide) groups is 1. The second-order valence-electron chi connectivity index (χ2n) is 5.28. The van der Waals surface area contributed by atoms with E-state index in [4.69, 9.17) is 5.11 Å². The third-order valence-corrected chi connectivity index (χ3v) is 5.29. The van der Waals surface area contributed by atoms with E-state index in [1.54, 1.807) is 36.0 Å². The monoisotopic (exact) mass is 308 g/mol. The van der Waals surface area contributed by atoms with E-state index >= 15 is 0 Å². The standard InChI is InChI=1S/C15H20N2O3S/c1-21-15(7-4-8-15)10-16-14(20)17-12-6-3-2-5-11(12)9-13(18)19/h2-3,5-6H,4,7-10H2,1H3,(H,18,19)(H2,16,17,20). The predicted molar refractivity (Wildman–Crippen MR) is 84.9 cm³/mol. The molecule has 3 N–H and O–H groups in total. The summed E-state index contributed by atoms with van der Waals surface area (Å²) in [5.74, 6) is -0.916. The van der Waals surface area contributed by atoms with Gasteiger partial charge in [-0.15, -0.1) is 0 Å². The van der Waals surface area contributed by atoms with E-state index in [2.05, 4.69) is 16.9 Å². The number of carboxylic acids is 1. The molecule has 6 heteroatoms. The number of anilines is 1. The summed E-state index contributed by atoms with van der Waals surface area (Å²) < 4.78 is 0.178. The zero-order chi connectivity index (χ0) is 15.3. The molecule has 1 aromatic rings. The highest BCUT2D eigenvalue weighted by atomic mass is 32.2. The minimum atomic E-state index is -0.916. The van der Waals surface area contributed by atoms with Crippen molar-refractivity contribution in [3.05, 3.63) is 29.8 Å². The molecular weight excluding hydrogens is 288 g/mol. The Kier molecular flexibility index (Phi) is 5.12. The number of rotatable bonds is 6. The van der Waals surface area contributed by atoms with E-state index in [0.29, 0.717) is 17.8 Å². The molecule has 0 atom stereocenters. The molecule has 1 aromatic carbocycles. The van der Waals surface area contributed by atoms with Gasteiger partial charge in [0.05, 0.1) is 6.42 Å². The van der Waals surface area contributed by atoms with Crippen LogP contribution in [0.3, 0.4) is 0 Å². The number of carboxylic acid groups (broad SMARTS) is 1. The van der Waals surface area contributed by atoms with Gasteiger partial charge in [0, 0.05) is 17.0 Å². The first-order valence-electron chi connectivity index (χ1n) is 6.94. The average Bonchev–Trinajstić information content (AvgIpc) is 2.40. The minimum Gasteiger partial charge on any atom is -0.481 e. The van der Waals surface area contributed by atoms with Crippen LogP contribution in [0.5, 0.6) is 0 Å². The van der Waals surface area contributed by atoms with Gasteiger partial charge < -0.3 is 15.7 Å². The predicted octanol–water partition coefficient (Wildman–Crippen LogP) is 2.72. The zero-order valence-corrected chi connectivity index (χ0v) is 12.8. The SMILES string of the molecule is CSC1(CNC(=O)Nc2ccccc2CC(=O)O)CCC1. The molecule has 114 valence electrons. The lowest BCUT2D eigenvalue weighted by atomic mass is 9.84. The zero-order valence-electron chi connectivity index (χ0n) is 12.0. The number of hydrogen-bond donors (Lipinski definition) is 3. The number of nitrogens with one attached hydrogen (secondary N) is 2. The van der Waals surface area contributed by atoms with Crippen LogP contribution in [0.25, 0.3) is 0 Å². The van der Waals surface area contributed by atoms with Crippen LogP contribution in [0.4, 0.5) is 10.5 Å². The Hall–Kier alpha value is -1.69. The number of benzene rings is 1. The van der Waals surface area contributed by atoms with Crippen LogP contribution < -0.4 is 10.6 Å². The van der Waals surface area contributed by atoms with Crippen molar-refractivity contribution in [2.24, 2.45) is 0 Å². The molecule has 0 aliphatic heterocycles. The van der Waals surface area contributed by atoms with Gasteiger partial charge >= 0.3 is 12.0 Å². The van der Waals surface area contributed by atoms with Gasteiger partial charge in [0.1, 0.15) is 0 Å². The van der Waals surface area contributed by atoms with Gasteiger partial charge in [-0.3, -0.25) is 4.79 Å². The lowest BCUT2D eigenvalue weighted by molar-refractivity contribution is -0.136. The van der Waals surface area contributed by atoms with Crippen molar-refractivity contribution in [2.75, 3.05) is 18.1 Å². The minimum absolute atomic E-state index is 0.106. The highest BCUT2D eigenvalue weighted by molar-refractivity contribution is 8.00. The average molecular weight is 308 g/mol. The molecule has 5 nitrogen and oxygen atoms in total. The van der Waals surface area contributed by atoms with Gasteiger partial charge in [0.2, 0.25) is 0 Å². The Morgan fingerprint density at radius 2 is 2.05 bits per heavy atom. The molecule has 2 rings (SSSR count). The molecule has 0 unspecified atom stereocenters. The van der Waals surface area contributed by atoms with Crippen molar-refractivity contribution in [3.63, 3.8) is 0 Å². The van der Waals surface area contributed by atoms with Gasteiger partial charge in [-0.1, -0.05) is 24.6 Å². The van der Waals surface area contributed by atoms with Crippen LogP contribution >= 0.6 is 11.8 Å². The Morgan fingerprint density at radius 3 is 2.62 bits per heavy atom. The summed E-state index contributed by atoms with van der Waals surface area (Å²) in [4.78, 5) is 22.8. The van der Waals surface area contributed by atoms with E-state index in [-0.39, 0.29) is 17.2 Å². The molecule has 0 spiro atoms. The molecule has 21 heavy (non-hydrogen) atoms. The molecule has 0 bridgehead atoms. The molecule has 1 aliphatic rings. The smallest absolute Gasteiger partial charge is 0.319 e. The van der Waals surface area contributed by atoms with Gasteiger partial charge in [-0.25, -0.2) is 4.79 Å². The summed E-state index contributed by atoms with van der Waals surface area (Å²) in [6.45, 7) is 0.640. The number of carbonyl (C=O) groups is 2. The fourth-order valence-corrected chi connectivity index (χ4v) is 3.30. The van der Waals surface area contributed by atoms with Crippen LogP contribution in [0.1, 0.15) is 24.8 Å². The number of hydrogen-bond acceptors (Lipinski definition) is 3. The quantitative estimate of drug-likeness (QED) is 0.755. The summed E-state index contributed by atoms with van der Waals surface area (Å²) >= 11 is 1.80. The van der Waals surface area contributed by atoms with Crippen molar-refractivity contribution >= 4 is 29.4 Å². The van der Waals surface area contributed by atoms with E-state index in [0.717, 1.165) is 12.8 Å². The lowest BCUT2D eigenvalue weighted by Crippen LogP contribution is -2.46. The fourth-order valence-electron chi connectivity index (χ4n) is 2.39. The molecule has 1 fully saturated rings. The van der Waals surface area contributed by atoms with Crippen molar-refractivity contribution in [1.82, 2.24) is 5.32 Å². The molecule has 1 saturated carbocycles. The summed E-state index contributed by atoms with van der Waals surface area (Å²) in [5.41, 5.74) is 1.15. The summed E-state index contributed by atoms with van der Waals surface area (Å²) in [7, 11) is 0. The van der Waals surface area contributed by atoms with Gasteiger partial charge in [0.25, 0.3) is 0 Å². The molecule has 0 heterocycles. The van der Waals surface area contributed by atoms with Crippen molar-refractivity contribution in [3.8, 4) is 0 Å². The highest BCUT2D eigenvalue weighted by Crippen LogP contribution is 2.42. The molecule has 0 aromatic heterocycles. The van der Waals surface area contributed by atoms with Gasteiger partial charge in [0.15, 0.2) is 0 Å². The number of aliphatic carboxylic acids is 1. The van der Waals surface area contributed by atoms with E-state index in [1.807, 2.05) is 0 Å². The first kappa shape index (κ1) is 15.7. The van der Waals surface area contributed by atoms with Crippen LogP contribution in [0.15, 0.2) is 24.3 Å². The number of amides is 2. The third kappa shape index (κ3) is 4.14. The second-order valence-corrected chi connectivity index (χ2v) is 6.55. The Morgan fingerprint density at radius 1 is 1.33 bits per heavy atom. The first-order valence-corrected chi connectivity index (χ1v) is 8.17. The normalized spacial score (nSPS) is 15.9. The highest BCUT2D eigenvalue weighted by Gasteiger charge is 2.36. The second kappa shape index (κ2) is 6.85. The Labute approximate surface area is 128 Å². The van der Waals surface area contributed by atoms with Gasteiger partial charge in [-0.05, 0) is 30.7 Å². The fraction of sp³-hybridized carbons (Fsp3) is 0.467. The lowest BCUT2D eigenvalue weighted by Gasteiger charge is -2.40. The summed E-state index contributed by atoms with van der Waals surface area (Å²) in [5, 5.41) is 14.5. The Bertz CT molecular complexity index is 524. The third-order valence-electron chi connectivity index (χ3n) is 3.88. The van der Waals surface area contributed by atoms with Crippen LogP contribution in [-0.2, 0) is 11.2 Å². The number of carbonyl (C=O) groups excluding carboxylic acids is 1. The molecule has 2 amide bonds. The molecule has 0 radical (unpaired) electrons. The molecule has 0 saturated heterocycles. The van der Waals surface area contributed by atoms with Crippen LogP contribution in [0, 0.1) is 0 Å². The molecular formula is C15H20N2O3S. The summed E-state index contributed by atoms with van der Waals surface area (Å²) in [6.07, 6.45) is 5.44. The van der Waals surface area contributed by atoms with Crippen molar-refractivity contribution in [1.29, 1.82) is 0 Å². The topological polar surface area (TPSA) is 78.4 Å². The van der Waals surface area contributed by atoms with E-state index in [9.17, 15) is 9.59 Å². The van der Waals surface area contributed by atoms with Gasteiger partial charge in [-0.2, -0.15) is 11.8 Å². The maximum absolute atomic E-state index is 12.0. The number of urea groups is 1. The van der Waals surface area contributed by atoms with Crippen molar-refractivity contribution in [2.45, 2.75) is 30.4 Å². The van der Waals surface area contributed by atoms with Crippen LogP contribution in [-0.4, -0.2) is 34.7 Å². The maximum Gasteiger partial charge on any atom is 0.319 e. The van der Waals surface area contributed by atoms with Crippen molar-refractivity contribution < 1.29 is 14.7 Å². The number of para-hydroxylation sites is 1. The maximum atomic E-state index is 12.0. The van der Waals surface area contributed by atoms with E-state index in [1.165, 1.54) is 6.42 Å². The van der Waals surface area contributed by atoms with E-state index < -0.39 is 5.97 Å². The summed E-state index contributed by atoms with van der Waals surface area (Å²) in [6, 6.07) is 6.67. The first-order chi connectivity index (χ1) is 10.0. The van der Waals surface area contributed by atoms with Crippen LogP contribution in [0.2, 0.25) is 0 Å². The largest absolute Gasteiger partial charge is 0.481 e. The Balaban J connectivity index is 1.92.